The molecule has 4 rings (SSSR count). The fourth-order valence-corrected chi connectivity index (χ4v) is 5.58. The number of aryl methyl sites for hydroxylation is 2. The van der Waals surface area contributed by atoms with Crippen molar-refractivity contribution in [2.75, 3.05) is 0 Å². The van der Waals surface area contributed by atoms with Gasteiger partial charge in [-0.15, -0.1) is 0 Å². The lowest BCUT2D eigenvalue weighted by atomic mass is 10.0. The maximum absolute atomic E-state index is 13.1. The Morgan fingerprint density at radius 1 is 1.15 bits per heavy atom. The van der Waals surface area contributed by atoms with Gasteiger partial charge in [0.2, 0.25) is 10.0 Å². The number of carbonyl (C=O) groups is 1. The third-order valence-corrected chi connectivity index (χ3v) is 7.64. The number of nitrogens with one attached hydrogen (secondary N) is 1. The van der Waals surface area contributed by atoms with Crippen LogP contribution in [0.3, 0.4) is 0 Å². The summed E-state index contributed by atoms with van der Waals surface area (Å²) >= 11 is 6.41. The lowest BCUT2D eigenvalue weighted by Crippen LogP contribution is -2.43. The molecule has 0 saturated carbocycles. The minimum absolute atomic E-state index is 0.00329. The SMILES string of the molecule is Cc1ccc(S(=O)(=O)N[C@H](CC(C)C)C(=O)Oc2cc3oc(=O)c4c(c3cc2Cl)CCC4)cc1. The second-order valence-electron chi connectivity index (χ2n) is 9.02. The molecule has 0 fully saturated rings. The molecule has 0 spiro atoms. The van der Waals surface area contributed by atoms with Crippen LogP contribution in [0.5, 0.6) is 5.75 Å². The summed E-state index contributed by atoms with van der Waals surface area (Å²) in [5.74, 6) is -0.788. The molecule has 1 aliphatic rings. The largest absolute Gasteiger partial charge is 0.424 e. The van der Waals surface area contributed by atoms with Gasteiger partial charge < -0.3 is 9.15 Å². The molecule has 9 heteroatoms. The zero-order valence-corrected chi connectivity index (χ0v) is 20.8. The summed E-state index contributed by atoms with van der Waals surface area (Å²) in [6, 6.07) is 8.24. The summed E-state index contributed by atoms with van der Waals surface area (Å²) in [6.45, 7) is 5.60. The van der Waals surface area contributed by atoms with Gasteiger partial charge in [0.15, 0.2) is 5.75 Å². The van der Waals surface area contributed by atoms with Gasteiger partial charge >= 0.3 is 11.6 Å². The highest BCUT2D eigenvalue weighted by atomic mass is 35.5. The Kier molecular flexibility index (Phi) is 6.85. The van der Waals surface area contributed by atoms with E-state index in [2.05, 4.69) is 4.72 Å². The van der Waals surface area contributed by atoms with Gasteiger partial charge in [-0.1, -0.05) is 43.1 Å². The maximum atomic E-state index is 13.1. The van der Waals surface area contributed by atoms with Crippen LogP contribution in [0.25, 0.3) is 11.0 Å². The van der Waals surface area contributed by atoms with E-state index in [1.807, 2.05) is 20.8 Å². The number of benzene rings is 2. The van der Waals surface area contributed by atoms with Crippen molar-refractivity contribution in [3.8, 4) is 5.75 Å². The average Bonchev–Trinajstić information content (AvgIpc) is 3.25. The normalized spacial score (nSPS) is 14.4. The van der Waals surface area contributed by atoms with Crippen LogP contribution >= 0.6 is 11.6 Å². The second kappa shape index (κ2) is 9.52. The Morgan fingerprint density at radius 3 is 2.50 bits per heavy atom. The van der Waals surface area contributed by atoms with E-state index >= 15 is 0 Å². The molecule has 0 bridgehead atoms. The highest BCUT2D eigenvalue weighted by Gasteiger charge is 2.29. The standard InChI is InChI=1S/C25H26ClNO6S/c1-14(2)11-21(27-34(30,31)16-9-7-15(3)8-10-16)25(29)33-23-13-22-19(12-20(23)26)17-5-4-6-18(17)24(28)32-22/h7-10,12-14,21,27H,4-6,11H2,1-3H3/t21-/m1/s1. The molecule has 0 radical (unpaired) electrons. The van der Waals surface area contributed by atoms with Crippen molar-refractivity contribution < 1.29 is 22.4 Å². The molecule has 1 heterocycles. The zero-order chi connectivity index (χ0) is 24.6. The number of hydrogen-bond acceptors (Lipinski definition) is 6. The van der Waals surface area contributed by atoms with E-state index in [0.29, 0.717) is 12.0 Å². The van der Waals surface area contributed by atoms with Crippen molar-refractivity contribution in [1.82, 2.24) is 4.72 Å². The van der Waals surface area contributed by atoms with Gasteiger partial charge in [0.25, 0.3) is 0 Å². The molecule has 180 valence electrons. The predicted octanol–water partition coefficient (Wildman–Crippen LogP) is 4.54. The molecule has 2 aromatic carbocycles. The van der Waals surface area contributed by atoms with Crippen molar-refractivity contribution in [3.63, 3.8) is 0 Å². The molecule has 1 aliphatic carbocycles. The summed E-state index contributed by atoms with van der Waals surface area (Å²) in [4.78, 5) is 25.4. The molecule has 3 aromatic rings. The third kappa shape index (κ3) is 5.04. The van der Waals surface area contributed by atoms with Crippen molar-refractivity contribution in [2.24, 2.45) is 5.92 Å². The second-order valence-corrected chi connectivity index (χ2v) is 11.1. The first-order chi connectivity index (χ1) is 16.0. The van der Waals surface area contributed by atoms with Crippen molar-refractivity contribution >= 4 is 38.6 Å². The summed E-state index contributed by atoms with van der Waals surface area (Å²) in [6.07, 6.45) is 2.51. The topological polar surface area (TPSA) is 103 Å². The molecule has 34 heavy (non-hydrogen) atoms. The first kappa shape index (κ1) is 24.4. The quantitative estimate of drug-likeness (QED) is 0.288. The smallest absolute Gasteiger partial charge is 0.339 e. The van der Waals surface area contributed by atoms with Crippen LogP contribution in [0.2, 0.25) is 5.02 Å². The fraction of sp³-hybridized carbons (Fsp3) is 0.360. The number of rotatable bonds is 7. The highest BCUT2D eigenvalue weighted by Crippen LogP contribution is 2.35. The molecule has 0 amide bonds. The van der Waals surface area contributed by atoms with Gasteiger partial charge in [-0.3, -0.25) is 0 Å². The van der Waals surface area contributed by atoms with Crippen LogP contribution in [0.4, 0.5) is 0 Å². The predicted molar refractivity (Wildman–Crippen MR) is 130 cm³/mol. The Balaban J connectivity index is 1.63. The van der Waals surface area contributed by atoms with E-state index in [-0.39, 0.29) is 33.6 Å². The Labute approximate surface area is 203 Å². The Morgan fingerprint density at radius 2 is 1.82 bits per heavy atom. The van der Waals surface area contributed by atoms with Crippen molar-refractivity contribution in [3.05, 3.63) is 68.5 Å². The van der Waals surface area contributed by atoms with Crippen LogP contribution in [-0.4, -0.2) is 20.4 Å². The summed E-state index contributed by atoms with van der Waals surface area (Å²) < 4.78 is 39.2. The van der Waals surface area contributed by atoms with Crippen molar-refractivity contribution in [1.29, 1.82) is 0 Å². The van der Waals surface area contributed by atoms with Crippen molar-refractivity contribution in [2.45, 2.75) is 57.4 Å². The summed E-state index contributed by atoms with van der Waals surface area (Å²) in [5, 5.41) is 0.893. The first-order valence-electron chi connectivity index (χ1n) is 11.1. The molecule has 0 saturated heterocycles. The Hall–Kier alpha value is -2.68. The van der Waals surface area contributed by atoms with Gasteiger partial charge in [-0.05, 0) is 62.3 Å². The molecule has 1 aromatic heterocycles. The number of carbonyl (C=O) groups excluding carboxylic acids is 1. The minimum Gasteiger partial charge on any atom is -0.424 e. The number of halogens is 1. The fourth-order valence-electron chi connectivity index (χ4n) is 4.18. The first-order valence-corrected chi connectivity index (χ1v) is 13.0. The number of esters is 1. The average molecular weight is 504 g/mol. The van der Waals surface area contributed by atoms with E-state index < -0.39 is 27.7 Å². The zero-order valence-electron chi connectivity index (χ0n) is 19.2. The van der Waals surface area contributed by atoms with Crippen LogP contribution in [0.15, 0.2) is 50.5 Å². The van der Waals surface area contributed by atoms with Gasteiger partial charge in [-0.25, -0.2) is 18.0 Å². The highest BCUT2D eigenvalue weighted by molar-refractivity contribution is 7.89. The van der Waals surface area contributed by atoms with Crippen LogP contribution < -0.4 is 15.1 Å². The van der Waals surface area contributed by atoms with Crippen LogP contribution in [0.1, 0.15) is 43.4 Å². The molecule has 1 atom stereocenters. The van der Waals surface area contributed by atoms with Crippen LogP contribution in [0, 0.1) is 12.8 Å². The van der Waals surface area contributed by atoms with Crippen LogP contribution in [-0.2, 0) is 27.7 Å². The molecule has 0 aliphatic heterocycles. The minimum atomic E-state index is -3.96. The number of ether oxygens (including phenoxy) is 1. The molecule has 0 unspecified atom stereocenters. The van der Waals surface area contributed by atoms with Gasteiger partial charge in [0.1, 0.15) is 11.6 Å². The third-order valence-electron chi connectivity index (χ3n) is 5.86. The van der Waals surface area contributed by atoms with E-state index in [1.54, 1.807) is 18.2 Å². The van der Waals surface area contributed by atoms with Gasteiger partial charge in [-0.2, -0.15) is 4.72 Å². The van der Waals surface area contributed by atoms with E-state index in [4.69, 9.17) is 20.8 Å². The molecular weight excluding hydrogens is 478 g/mol. The lowest BCUT2D eigenvalue weighted by molar-refractivity contribution is -0.136. The summed E-state index contributed by atoms with van der Waals surface area (Å²) in [5.41, 5.74) is 2.37. The molecular formula is C25H26ClNO6S. The maximum Gasteiger partial charge on any atom is 0.339 e. The van der Waals surface area contributed by atoms with Gasteiger partial charge in [0.05, 0.1) is 9.92 Å². The Bertz CT molecular complexity index is 1410. The van der Waals surface area contributed by atoms with E-state index in [1.165, 1.54) is 18.2 Å². The van der Waals surface area contributed by atoms with E-state index in [9.17, 15) is 18.0 Å². The van der Waals surface area contributed by atoms with Gasteiger partial charge in [0, 0.05) is 17.0 Å². The number of fused-ring (bicyclic) bond motifs is 3. The molecule has 1 N–H and O–H groups in total. The summed E-state index contributed by atoms with van der Waals surface area (Å²) in [7, 11) is -3.96. The lowest BCUT2D eigenvalue weighted by Gasteiger charge is -2.20. The van der Waals surface area contributed by atoms with E-state index in [0.717, 1.165) is 29.4 Å². The number of hydrogen-bond donors (Lipinski definition) is 1. The monoisotopic (exact) mass is 503 g/mol. The molecule has 7 nitrogen and oxygen atoms in total. The number of sulfonamides is 1.